The predicted octanol–water partition coefficient (Wildman–Crippen LogP) is 3.60. The fourth-order valence-corrected chi connectivity index (χ4v) is 1.69. The number of hydrogen-bond donors (Lipinski definition) is 1. The van der Waals surface area contributed by atoms with Crippen LogP contribution in [0.25, 0.3) is 0 Å². The van der Waals surface area contributed by atoms with Gasteiger partial charge in [0.1, 0.15) is 11.6 Å². The van der Waals surface area contributed by atoms with Crippen LogP contribution in [0.5, 0.6) is 11.8 Å². The van der Waals surface area contributed by atoms with Crippen LogP contribution >= 0.6 is 0 Å². The molecule has 4 nitrogen and oxygen atoms in total. The lowest BCUT2D eigenvalue weighted by Crippen LogP contribution is -2.35. The second kappa shape index (κ2) is 6.18. The fourth-order valence-electron chi connectivity index (χ4n) is 1.69. The van der Waals surface area contributed by atoms with Crippen molar-refractivity contribution in [1.82, 2.24) is 15.3 Å². The Bertz CT molecular complexity index is 623. The lowest BCUT2D eigenvalue weighted by Gasteiger charge is -2.20. The molecule has 112 valence electrons. The highest BCUT2D eigenvalue weighted by molar-refractivity contribution is 5.26. The molecule has 0 amide bonds. The smallest absolute Gasteiger partial charge is 0.322 e. The molecule has 2 aromatic rings. The molecule has 0 saturated heterocycles. The largest absolute Gasteiger partial charge is 0.424 e. The summed E-state index contributed by atoms with van der Waals surface area (Å²) in [6.07, 6.45) is 1.73. The summed E-state index contributed by atoms with van der Waals surface area (Å²) >= 11 is 0. The maximum Gasteiger partial charge on any atom is 0.322 e. The van der Waals surface area contributed by atoms with Gasteiger partial charge in [-0.3, -0.25) is 0 Å². The maximum absolute atomic E-state index is 13.1. The van der Waals surface area contributed by atoms with Gasteiger partial charge in [-0.2, -0.15) is 4.98 Å². The van der Waals surface area contributed by atoms with E-state index in [1.54, 1.807) is 18.3 Å². The molecule has 0 atom stereocenters. The minimum Gasteiger partial charge on any atom is -0.424 e. The van der Waals surface area contributed by atoms with Crippen LogP contribution < -0.4 is 10.1 Å². The average Bonchev–Trinajstić information content (AvgIpc) is 2.36. The fraction of sp³-hybridized carbons (Fsp3) is 0.375. The highest BCUT2D eigenvalue weighted by atomic mass is 19.1. The zero-order chi connectivity index (χ0) is 15.5. The van der Waals surface area contributed by atoms with E-state index in [-0.39, 0.29) is 17.4 Å². The van der Waals surface area contributed by atoms with Crippen LogP contribution in [-0.4, -0.2) is 15.5 Å². The van der Waals surface area contributed by atoms with Crippen LogP contribution in [0.4, 0.5) is 4.39 Å². The summed E-state index contributed by atoms with van der Waals surface area (Å²) in [6, 6.07) is 6.13. The van der Waals surface area contributed by atoms with Crippen LogP contribution in [0.1, 0.15) is 32.0 Å². The summed E-state index contributed by atoms with van der Waals surface area (Å²) in [7, 11) is 0. The zero-order valence-corrected chi connectivity index (χ0v) is 12.8. The number of hydrogen-bond acceptors (Lipinski definition) is 4. The van der Waals surface area contributed by atoms with E-state index in [4.69, 9.17) is 4.74 Å². The van der Waals surface area contributed by atoms with Crippen LogP contribution in [0.3, 0.4) is 0 Å². The molecule has 1 N–H and O–H groups in total. The van der Waals surface area contributed by atoms with Crippen molar-refractivity contribution >= 4 is 0 Å². The molecule has 0 aliphatic rings. The van der Waals surface area contributed by atoms with Crippen LogP contribution in [0.15, 0.2) is 30.5 Å². The lowest BCUT2D eigenvalue weighted by atomic mass is 10.1. The number of nitrogens with one attached hydrogen (secondary N) is 1. The lowest BCUT2D eigenvalue weighted by molar-refractivity contribution is 0.418. The molecule has 0 unspecified atom stereocenters. The van der Waals surface area contributed by atoms with E-state index in [0.717, 1.165) is 11.3 Å². The first kappa shape index (κ1) is 15.4. The quantitative estimate of drug-likeness (QED) is 0.934. The van der Waals surface area contributed by atoms with E-state index in [1.807, 2.05) is 6.92 Å². The van der Waals surface area contributed by atoms with E-state index in [2.05, 4.69) is 36.1 Å². The van der Waals surface area contributed by atoms with Crippen molar-refractivity contribution in [2.24, 2.45) is 0 Å². The topological polar surface area (TPSA) is 47.0 Å². The van der Waals surface area contributed by atoms with Gasteiger partial charge in [-0.05, 0) is 39.8 Å². The molecule has 2 rings (SSSR count). The second-order valence-corrected chi connectivity index (χ2v) is 5.93. The SMILES string of the molecule is Cc1nc(Oc2cccc(F)c2)ncc1CNC(C)(C)C. The van der Waals surface area contributed by atoms with Crippen molar-refractivity contribution in [3.05, 3.63) is 47.5 Å². The zero-order valence-electron chi connectivity index (χ0n) is 12.8. The number of rotatable bonds is 4. The standard InChI is InChI=1S/C16H20FN3O/c1-11-12(10-19-16(2,3)4)9-18-15(20-11)21-14-7-5-6-13(17)8-14/h5-9,19H,10H2,1-4H3. The third kappa shape index (κ3) is 4.79. The molecule has 1 heterocycles. The summed E-state index contributed by atoms with van der Waals surface area (Å²) in [5.74, 6) is 0.0326. The first-order valence-electron chi connectivity index (χ1n) is 6.84. The van der Waals surface area contributed by atoms with Gasteiger partial charge in [-0.15, -0.1) is 0 Å². The van der Waals surface area contributed by atoms with E-state index in [9.17, 15) is 4.39 Å². The van der Waals surface area contributed by atoms with Crippen LogP contribution in [0.2, 0.25) is 0 Å². The monoisotopic (exact) mass is 289 g/mol. The molecule has 0 aliphatic heterocycles. The summed E-state index contributed by atoms with van der Waals surface area (Å²) < 4.78 is 18.6. The van der Waals surface area contributed by atoms with Gasteiger partial charge in [0.15, 0.2) is 0 Å². The minimum absolute atomic E-state index is 0.0309. The van der Waals surface area contributed by atoms with E-state index in [1.165, 1.54) is 12.1 Å². The van der Waals surface area contributed by atoms with Crippen molar-refractivity contribution in [2.75, 3.05) is 0 Å². The Hall–Kier alpha value is -2.01. The van der Waals surface area contributed by atoms with Gasteiger partial charge >= 0.3 is 6.01 Å². The van der Waals surface area contributed by atoms with Crippen LogP contribution in [-0.2, 0) is 6.54 Å². The Morgan fingerprint density at radius 1 is 1.29 bits per heavy atom. The second-order valence-electron chi connectivity index (χ2n) is 5.93. The highest BCUT2D eigenvalue weighted by Crippen LogP contribution is 2.19. The van der Waals surface area contributed by atoms with Gasteiger partial charge in [0.2, 0.25) is 0 Å². The summed E-state index contributed by atoms with van der Waals surface area (Å²) in [4.78, 5) is 8.47. The molecule has 0 saturated carbocycles. The van der Waals surface area contributed by atoms with Gasteiger partial charge in [0.25, 0.3) is 0 Å². The third-order valence-electron chi connectivity index (χ3n) is 2.87. The van der Waals surface area contributed by atoms with E-state index in [0.29, 0.717) is 12.3 Å². The van der Waals surface area contributed by atoms with Gasteiger partial charge in [0, 0.05) is 35.6 Å². The van der Waals surface area contributed by atoms with Crippen molar-refractivity contribution in [2.45, 2.75) is 39.8 Å². The Labute approximate surface area is 124 Å². The van der Waals surface area contributed by atoms with Gasteiger partial charge in [-0.25, -0.2) is 9.37 Å². The molecule has 5 heteroatoms. The van der Waals surface area contributed by atoms with Crippen molar-refractivity contribution in [1.29, 1.82) is 0 Å². The highest BCUT2D eigenvalue weighted by Gasteiger charge is 2.11. The molecule has 0 radical (unpaired) electrons. The van der Waals surface area contributed by atoms with Crippen molar-refractivity contribution in [3.63, 3.8) is 0 Å². The first-order chi connectivity index (χ1) is 9.83. The Balaban J connectivity index is 2.08. The molecule has 0 bridgehead atoms. The number of ether oxygens (including phenoxy) is 1. The van der Waals surface area contributed by atoms with Gasteiger partial charge in [-0.1, -0.05) is 6.07 Å². The third-order valence-corrected chi connectivity index (χ3v) is 2.87. The summed E-state index contributed by atoms with van der Waals surface area (Å²) in [5, 5.41) is 3.39. The molecule has 0 spiro atoms. The summed E-state index contributed by atoms with van der Waals surface area (Å²) in [6.45, 7) is 8.90. The minimum atomic E-state index is -0.352. The Morgan fingerprint density at radius 3 is 2.67 bits per heavy atom. The maximum atomic E-state index is 13.1. The Kier molecular flexibility index (Phi) is 4.53. The number of nitrogens with zero attached hydrogens (tertiary/aromatic N) is 2. The van der Waals surface area contributed by atoms with Crippen molar-refractivity contribution in [3.8, 4) is 11.8 Å². The summed E-state index contributed by atoms with van der Waals surface area (Å²) in [5.41, 5.74) is 1.88. The van der Waals surface area contributed by atoms with Crippen molar-refractivity contribution < 1.29 is 9.13 Å². The average molecular weight is 289 g/mol. The normalized spacial score (nSPS) is 11.5. The first-order valence-corrected chi connectivity index (χ1v) is 6.84. The van der Waals surface area contributed by atoms with Gasteiger partial charge in [0.05, 0.1) is 0 Å². The molecule has 0 fully saturated rings. The molecule has 21 heavy (non-hydrogen) atoms. The molecular formula is C16H20FN3O. The van der Waals surface area contributed by atoms with E-state index >= 15 is 0 Å². The Morgan fingerprint density at radius 2 is 2.05 bits per heavy atom. The van der Waals surface area contributed by atoms with Crippen LogP contribution in [0, 0.1) is 12.7 Å². The number of aromatic nitrogens is 2. The number of halogens is 1. The molecule has 1 aromatic carbocycles. The molecule has 1 aromatic heterocycles. The predicted molar refractivity (Wildman–Crippen MR) is 79.8 cm³/mol. The molecule has 0 aliphatic carbocycles. The number of aryl methyl sites for hydroxylation is 1. The molecular weight excluding hydrogens is 269 g/mol. The van der Waals surface area contributed by atoms with E-state index < -0.39 is 0 Å². The number of benzene rings is 1. The van der Waals surface area contributed by atoms with Gasteiger partial charge < -0.3 is 10.1 Å².